The van der Waals surface area contributed by atoms with Gasteiger partial charge in [0.2, 0.25) is 29.5 Å². The summed E-state index contributed by atoms with van der Waals surface area (Å²) in [6, 6.07) is 5.54. The molecule has 1 aromatic rings. The van der Waals surface area contributed by atoms with E-state index in [-0.39, 0.29) is 53.9 Å². The van der Waals surface area contributed by atoms with Crippen LogP contribution in [0.25, 0.3) is 0 Å². The zero-order valence-corrected chi connectivity index (χ0v) is 32.1. The summed E-state index contributed by atoms with van der Waals surface area (Å²) in [6.07, 6.45) is 3.56. The number of benzene rings is 1. The zero-order valence-electron chi connectivity index (χ0n) is 32.1. The van der Waals surface area contributed by atoms with E-state index in [9.17, 15) is 33.9 Å². The van der Waals surface area contributed by atoms with Gasteiger partial charge >= 0.3 is 0 Å². The van der Waals surface area contributed by atoms with E-state index in [2.05, 4.69) is 26.6 Å². The number of unbranched alkanes of at least 4 members (excludes halogenated alkanes) is 1. The molecule has 1 aliphatic carbocycles. The fraction of sp³-hybridized carbons (Fsp3) is 0.692. The molecule has 1 aromatic carbocycles. The SMILES string of the molecule is CCCC(NC(=O)[C@@H]1[C@H]2CCC[C@H]2CN1C(=O)[C@@H](NC(=O)[C@@H](NC(=O)CCCCC(=O)NC)C(C)C)C(C)C)C(O)C(=O)N[C@@H](C)c1ccccc1. The lowest BCUT2D eigenvalue weighted by Gasteiger charge is -2.34. The molecule has 6 amide bonds. The van der Waals surface area contributed by atoms with Crippen molar-refractivity contribution < 1.29 is 33.9 Å². The van der Waals surface area contributed by atoms with Gasteiger partial charge in [-0.25, -0.2) is 0 Å². The van der Waals surface area contributed by atoms with Gasteiger partial charge in [0.05, 0.1) is 12.1 Å². The number of aliphatic hydroxyl groups excluding tert-OH is 1. The summed E-state index contributed by atoms with van der Waals surface area (Å²) in [5, 5.41) is 25.2. The summed E-state index contributed by atoms with van der Waals surface area (Å²) in [6.45, 7) is 11.4. The lowest BCUT2D eigenvalue weighted by molar-refractivity contribution is -0.144. The van der Waals surface area contributed by atoms with E-state index < -0.39 is 48.0 Å². The van der Waals surface area contributed by atoms with Crippen LogP contribution in [0.3, 0.4) is 0 Å². The second-order valence-corrected chi connectivity index (χ2v) is 15.2. The molecule has 13 heteroatoms. The zero-order chi connectivity index (χ0) is 38.5. The van der Waals surface area contributed by atoms with Crippen LogP contribution in [0.2, 0.25) is 0 Å². The number of carbonyl (C=O) groups excluding carboxylic acids is 6. The summed E-state index contributed by atoms with van der Waals surface area (Å²) in [5.74, 6) is -2.81. The van der Waals surface area contributed by atoms with E-state index in [1.807, 2.05) is 71.9 Å². The normalized spacial score (nSPS) is 21.0. The summed E-state index contributed by atoms with van der Waals surface area (Å²) < 4.78 is 0. The Morgan fingerprint density at radius 3 is 2.04 bits per heavy atom. The van der Waals surface area contributed by atoms with Crippen molar-refractivity contribution in [3.63, 3.8) is 0 Å². The Balaban J connectivity index is 1.73. The Kier molecular flexibility index (Phi) is 16.6. The minimum atomic E-state index is -1.50. The molecule has 0 bridgehead atoms. The van der Waals surface area contributed by atoms with E-state index in [1.54, 1.807) is 11.9 Å². The summed E-state index contributed by atoms with van der Waals surface area (Å²) in [4.78, 5) is 81.2. The van der Waals surface area contributed by atoms with Crippen molar-refractivity contribution in [3.05, 3.63) is 35.9 Å². The molecule has 0 aromatic heterocycles. The van der Waals surface area contributed by atoms with Crippen molar-refractivity contribution in [1.82, 2.24) is 31.5 Å². The lowest BCUT2D eigenvalue weighted by atomic mass is 9.92. The van der Waals surface area contributed by atoms with Gasteiger partial charge in [-0.1, -0.05) is 77.8 Å². The van der Waals surface area contributed by atoms with Gasteiger partial charge in [-0.05, 0) is 68.3 Å². The summed E-state index contributed by atoms with van der Waals surface area (Å²) >= 11 is 0. The van der Waals surface area contributed by atoms with Crippen molar-refractivity contribution in [2.24, 2.45) is 23.7 Å². The third-order valence-corrected chi connectivity index (χ3v) is 10.5. The predicted octanol–water partition coefficient (Wildman–Crippen LogP) is 2.72. The Bertz CT molecular complexity index is 1370. The molecule has 2 aliphatic rings. The van der Waals surface area contributed by atoms with Crippen LogP contribution in [0.1, 0.15) is 111 Å². The minimum absolute atomic E-state index is 0.0788. The highest BCUT2D eigenvalue weighted by Crippen LogP contribution is 2.42. The molecule has 0 radical (unpaired) electrons. The molecule has 3 rings (SSSR count). The highest BCUT2D eigenvalue weighted by molar-refractivity contribution is 5.95. The third-order valence-electron chi connectivity index (χ3n) is 10.5. The standard InChI is InChI=1S/C39H62N6O7/c1-8-15-29(35(48)38(51)41-25(6)26-16-10-9-11-17-26)42-37(50)34-28-19-14-18-27(28)22-45(34)39(52)33(24(4)5)44-36(49)32(23(2)3)43-31(47)21-13-12-20-30(46)40-7/h9-11,16-17,23-25,27-29,32-35,48H,8,12-15,18-22H2,1-7H3,(H,40,46)(H,41,51)(H,42,50)(H,43,47)(H,44,49)/t25-,27-,28-,29?,32-,33-,34-,35?/m0/s1. The Labute approximate surface area is 309 Å². The molecule has 0 spiro atoms. The van der Waals surface area contributed by atoms with Crippen LogP contribution in [0.5, 0.6) is 0 Å². The van der Waals surface area contributed by atoms with Gasteiger partial charge < -0.3 is 36.6 Å². The number of likely N-dealkylation sites (tertiary alicyclic amines) is 1. The molecule has 290 valence electrons. The Morgan fingerprint density at radius 1 is 0.808 bits per heavy atom. The smallest absolute Gasteiger partial charge is 0.251 e. The number of carbonyl (C=O) groups is 6. The van der Waals surface area contributed by atoms with Gasteiger partial charge in [0, 0.05) is 26.4 Å². The molecule has 2 fully saturated rings. The molecule has 1 heterocycles. The monoisotopic (exact) mass is 726 g/mol. The van der Waals surface area contributed by atoms with Crippen molar-refractivity contribution in [2.75, 3.05) is 13.6 Å². The van der Waals surface area contributed by atoms with Gasteiger partial charge in [0.25, 0.3) is 5.91 Å². The quantitative estimate of drug-likeness (QED) is 0.118. The van der Waals surface area contributed by atoms with Crippen LogP contribution in [-0.2, 0) is 28.8 Å². The van der Waals surface area contributed by atoms with E-state index in [1.165, 1.54) is 0 Å². The highest BCUT2D eigenvalue weighted by Gasteiger charge is 2.51. The summed E-state index contributed by atoms with van der Waals surface area (Å²) in [7, 11) is 1.56. The number of hydrogen-bond donors (Lipinski definition) is 6. The maximum absolute atomic E-state index is 14.3. The molecule has 6 N–H and O–H groups in total. The van der Waals surface area contributed by atoms with Crippen LogP contribution in [-0.4, -0.2) is 89.3 Å². The second-order valence-electron chi connectivity index (χ2n) is 15.2. The first-order valence-corrected chi connectivity index (χ1v) is 19.1. The highest BCUT2D eigenvalue weighted by atomic mass is 16.3. The molecular formula is C39H62N6O7. The fourth-order valence-corrected chi connectivity index (χ4v) is 7.47. The van der Waals surface area contributed by atoms with Crippen molar-refractivity contribution in [3.8, 4) is 0 Å². The largest absolute Gasteiger partial charge is 0.381 e. The molecule has 1 saturated carbocycles. The fourth-order valence-electron chi connectivity index (χ4n) is 7.47. The molecule has 1 saturated heterocycles. The molecule has 8 atom stereocenters. The average Bonchev–Trinajstić information content (AvgIpc) is 3.72. The van der Waals surface area contributed by atoms with Crippen LogP contribution in [0.4, 0.5) is 0 Å². The first-order chi connectivity index (χ1) is 24.7. The Morgan fingerprint density at radius 2 is 1.44 bits per heavy atom. The van der Waals surface area contributed by atoms with E-state index in [0.717, 1.165) is 24.8 Å². The second kappa shape index (κ2) is 20.3. The third kappa shape index (κ3) is 11.5. The number of amides is 6. The number of nitrogens with one attached hydrogen (secondary N) is 5. The number of nitrogens with zero attached hydrogens (tertiary/aromatic N) is 1. The first kappa shape index (κ1) is 42.4. The van der Waals surface area contributed by atoms with Gasteiger partial charge in [0.15, 0.2) is 6.10 Å². The maximum Gasteiger partial charge on any atom is 0.251 e. The predicted molar refractivity (Wildman–Crippen MR) is 198 cm³/mol. The lowest BCUT2D eigenvalue weighted by Crippen LogP contribution is -2.60. The van der Waals surface area contributed by atoms with Gasteiger partial charge in [-0.3, -0.25) is 28.8 Å². The topological polar surface area (TPSA) is 186 Å². The van der Waals surface area contributed by atoms with Crippen molar-refractivity contribution in [1.29, 1.82) is 0 Å². The van der Waals surface area contributed by atoms with Crippen LogP contribution in [0, 0.1) is 23.7 Å². The van der Waals surface area contributed by atoms with E-state index in [4.69, 9.17) is 0 Å². The number of aliphatic hydroxyl groups is 1. The average molecular weight is 727 g/mol. The number of rotatable bonds is 19. The molecule has 2 unspecified atom stereocenters. The molecular weight excluding hydrogens is 664 g/mol. The van der Waals surface area contributed by atoms with Crippen LogP contribution >= 0.6 is 0 Å². The molecule has 52 heavy (non-hydrogen) atoms. The van der Waals surface area contributed by atoms with Crippen molar-refractivity contribution in [2.45, 2.75) is 136 Å². The summed E-state index contributed by atoms with van der Waals surface area (Å²) in [5.41, 5.74) is 0.884. The minimum Gasteiger partial charge on any atom is -0.381 e. The van der Waals surface area contributed by atoms with Gasteiger partial charge in [-0.2, -0.15) is 0 Å². The van der Waals surface area contributed by atoms with Gasteiger partial charge in [-0.15, -0.1) is 0 Å². The Hall–Kier alpha value is -4.00. The van der Waals surface area contributed by atoms with Crippen LogP contribution < -0.4 is 26.6 Å². The van der Waals surface area contributed by atoms with Crippen LogP contribution in [0.15, 0.2) is 30.3 Å². The number of hydrogen-bond acceptors (Lipinski definition) is 7. The molecule has 1 aliphatic heterocycles. The molecule has 13 nitrogen and oxygen atoms in total. The van der Waals surface area contributed by atoms with Gasteiger partial charge in [0.1, 0.15) is 18.1 Å². The first-order valence-electron chi connectivity index (χ1n) is 19.1. The van der Waals surface area contributed by atoms with E-state index in [0.29, 0.717) is 38.6 Å². The maximum atomic E-state index is 14.3. The van der Waals surface area contributed by atoms with E-state index >= 15 is 0 Å². The van der Waals surface area contributed by atoms with Crippen molar-refractivity contribution >= 4 is 35.4 Å². The number of fused-ring (bicyclic) bond motifs is 1.